The molecule has 0 aliphatic rings. The molecule has 0 fully saturated rings. The van der Waals surface area contributed by atoms with Crippen LogP contribution in [0, 0.1) is 11.3 Å². The van der Waals surface area contributed by atoms with Gasteiger partial charge in [0.2, 0.25) is 0 Å². The number of nitrogens with one attached hydrogen (secondary N) is 1. The molecular weight excluding hydrogens is 384 g/mol. The minimum absolute atomic E-state index is 0.0273. The Labute approximate surface area is 141 Å². The Morgan fingerprint density at radius 3 is 2.61 bits per heavy atom. The van der Waals surface area contributed by atoms with Gasteiger partial charge >= 0.3 is 5.97 Å². The van der Waals surface area contributed by atoms with Gasteiger partial charge in [0, 0.05) is 4.47 Å². The van der Waals surface area contributed by atoms with E-state index in [-0.39, 0.29) is 21.7 Å². The second-order valence-electron chi connectivity index (χ2n) is 4.43. The van der Waals surface area contributed by atoms with Crippen LogP contribution in [0.1, 0.15) is 15.9 Å². The van der Waals surface area contributed by atoms with E-state index >= 15 is 0 Å². The molecule has 0 bridgehead atoms. The summed E-state index contributed by atoms with van der Waals surface area (Å²) < 4.78 is 32.1. The van der Waals surface area contributed by atoms with Crippen LogP contribution in [0.2, 0.25) is 0 Å². The van der Waals surface area contributed by atoms with Crippen LogP contribution in [0.25, 0.3) is 0 Å². The Kier molecular flexibility index (Phi) is 5.03. The van der Waals surface area contributed by atoms with Crippen LogP contribution < -0.4 is 4.72 Å². The average molecular weight is 395 g/mol. The molecule has 118 valence electrons. The zero-order valence-corrected chi connectivity index (χ0v) is 14.3. The molecule has 0 atom stereocenters. The minimum Gasteiger partial charge on any atom is -0.465 e. The maximum Gasteiger partial charge on any atom is 0.337 e. The number of hydrogen-bond acceptors (Lipinski definition) is 5. The van der Waals surface area contributed by atoms with Crippen molar-refractivity contribution in [3.05, 3.63) is 58.1 Å². The Morgan fingerprint density at radius 2 is 2.00 bits per heavy atom. The van der Waals surface area contributed by atoms with E-state index in [4.69, 9.17) is 5.26 Å². The highest BCUT2D eigenvalue weighted by molar-refractivity contribution is 9.10. The van der Waals surface area contributed by atoms with Crippen molar-refractivity contribution in [2.75, 3.05) is 11.8 Å². The zero-order valence-electron chi connectivity index (χ0n) is 11.9. The summed E-state index contributed by atoms with van der Waals surface area (Å²) in [6, 6.07) is 11.9. The second kappa shape index (κ2) is 6.81. The molecule has 2 rings (SSSR count). The molecule has 0 spiro atoms. The fraction of sp³-hybridized carbons (Fsp3) is 0.0667. The maximum atomic E-state index is 12.4. The molecule has 0 unspecified atom stereocenters. The van der Waals surface area contributed by atoms with E-state index in [1.165, 1.54) is 49.6 Å². The first-order valence-electron chi connectivity index (χ1n) is 6.28. The molecule has 2 aromatic carbocycles. The molecule has 0 aliphatic heterocycles. The lowest BCUT2D eigenvalue weighted by atomic mass is 10.2. The standard InChI is InChI=1S/C15H11BrN2O4S/c1-22-15(19)11-5-6-14(13(16)8-11)18-23(20,21)12-4-2-3-10(7-12)9-17/h2-8,18H,1H3. The van der Waals surface area contributed by atoms with Gasteiger partial charge in [0.05, 0.1) is 34.9 Å². The SMILES string of the molecule is COC(=O)c1ccc(NS(=O)(=O)c2cccc(C#N)c2)c(Br)c1. The Morgan fingerprint density at radius 1 is 1.26 bits per heavy atom. The van der Waals surface area contributed by atoms with Crippen LogP contribution in [-0.2, 0) is 14.8 Å². The molecule has 8 heteroatoms. The smallest absolute Gasteiger partial charge is 0.337 e. The van der Waals surface area contributed by atoms with Gasteiger partial charge in [0.1, 0.15) is 0 Å². The predicted octanol–water partition coefficient (Wildman–Crippen LogP) is 2.91. The lowest BCUT2D eigenvalue weighted by molar-refractivity contribution is 0.0600. The lowest BCUT2D eigenvalue weighted by Gasteiger charge is -2.11. The summed E-state index contributed by atoms with van der Waals surface area (Å²) in [6.07, 6.45) is 0. The minimum atomic E-state index is -3.85. The first-order valence-corrected chi connectivity index (χ1v) is 8.56. The zero-order chi connectivity index (χ0) is 17.0. The number of ether oxygens (including phenoxy) is 1. The number of esters is 1. The number of nitriles is 1. The van der Waals surface area contributed by atoms with E-state index in [0.29, 0.717) is 4.47 Å². The number of rotatable bonds is 4. The van der Waals surface area contributed by atoms with Crippen molar-refractivity contribution in [2.45, 2.75) is 4.90 Å². The van der Waals surface area contributed by atoms with E-state index in [0.717, 1.165) is 0 Å². The van der Waals surface area contributed by atoms with Crippen molar-refractivity contribution in [3.8, 4) is 6.07 Å². The molecule has 1 N–H and O–H groups in total. The molecule has 0 saturated carbocycles. The number of carbonyl (C=O) groups excluding carboxylic acids is 1. The van der Waals surface area contributed by atoms with Crippen LogP contribution in [0.15, 0.2) is 51.8 Å². The Balaban J connectivity index is 2.34. The molecule has 6 nitrogen and oxygen atoms in total. The molecule has 23 heavy (non-hydrogen) atoms. The molecule has 2 aromatic rings. The van der Waals surface area contributed by atoms with E-state index in [1.54, 1.807) is 0 Å². The first-order chi connectivity index (χ1) is 10.9. The Hall–Kier alpha value is -2.37. The quantitative estimate of drug-likeness (QED) is 0.804. The van der Waals surface area contributed by atoms with Crippen LogP contribution in [0.3, 0.4) is 0 Å². The van der Waals surface area contributed by atoms with Crippen LogP contribution in [-0.4, -0.2) is 21.5 Å². The number of anilines is 1. The summed E-state index contributed by atoms with van der Waals surface area (Å²) in [5.74, 6) is -0.526. The fourth-order valence-electron chi connectivity index (χ4n) is 1.78. The number of hydrogen-bond donors (Lipinski definition) is 1. The molecule has 0 heterocycles. The summed E-state index contributed by atoms with van der Waals surface area (Å²) in [7, 11) is -2.60. The van der Waals surface area contributed by atoms with Gasteiger partial charge in [-0.25, -0.2) is 13.2 Å². The summed E-state index contributed by atoms with van der Waals surface area (Å²) in [5.41, 5.74) is 0.793. The second-order valence-corrected chi connectivity index (χ2v) is 6.97. The van der Waals surface area contributed by atoms with Gasteiger partial charge in [-0.1, -0.05) is 6.07 Å². The maximum absolute atomic E-state index is 12.4. The average Bonchev–Trinajstić information content (AvgIpc) is 2.55. The van der Waals surface area contributed by atoms with Crippen molar-refractivity contribution in [3.63, 3.8) is 0 Å². The summed E-state index contributed by atoms with van der Waals surface area (Å²) in [6.45, 7) is 0. The monoisotopic (exact) mass is 394 g/mol. The van der Waals surface area contributed by atoms with Gasteiger partial charge in [0.25, 0.3) is 10.0 Å². The van der Waals surface area contributed by atoms with Crippen LogP contribution >= 0.6 is 15.9 Å². The number of methoxy groups -OCH3 is 1. The normalized spacial score (nSPS) is 10.7. The van der Waals surface area contributed by atoms with Gasteiger partial charge in [-0.05, 0) is 52.3 Å². The lowest BCUT2D eigenvalue weighted by Crippen LogP contribution is -2.14. The number of carbonyl (C=O) groups is 1. The summed E-state index contributed by atoms with van der Waals surface area (Å²) >= 11 is 3.21. The van der Waals surface area contributed by atoms with Crippen molar-refractivity contribution in [1.29, 1.82) is 5.26 Å². The highest BCUT2D eigenvalue weighted by Crippen LogP contribution is 2.26. The summed E-state index contributed by atoms with van der Waals surface area (Å²) in [5, 5.41) is 8.85. The fourth-order valence-corrected chi connectivity index (χ4v) is 3.51. The van der Waals surface area contributed by atoms with E-state index in [2.05, 4.69) is 25.4 Å². The number of halogens is 1. The number of nitrogens with zero attached hydrogens (tertiary/aromatic N) is 1. The first kappa shape index (κ1) is 17.0. The van der Waals surface area contributed by atoms with Gasteiger partial charge in [-0.2, -0.15) is 5.26 Å². The van der Waals surface area contributed by atoms with Crippen molar-refractivity contribution in [2.24, 2.45) is 0 Å². The van der Waals surface area contributed by atoms with E-state index < -0.39 is 16.0 Å². The van der Waals surface area contributed by atoms with Crippen molar-refractivity contribution >= 4 is 37.6 Å². The van der Waals surface area contributed by atoms with Gasteiger partial charge in [-0.15, -0.1) is 0 Å². The topological polar surface area (TPSA) is 96.3 Å². The molecule has 0 aliphatic carbocycles. The highest BCUT2D eigenvalue weighted by atomic mass is 79.9. The van der Waals surface area contributed by atoms with Crippen molar-refractivity contribution < 1.29 is 17.9 Å². The molecule has 0 amide bonds. The van der Waals surface area contributed by atoms with Gasteiger partial charge < -0.3 is 4.74 Å². The van der Waals surface area contributed by atoms with Gasteiger partial charge in [0.15, 0.2) is 0 Å². The summed E-state index contributed by atoms with van der Waals surface area (Å²) in [4.78, 5) is 11.4. The number of sulfonamides is 1. The van der Waals surface area contributed by atoms with E-state index in [9.17, 15) is 13.2 Å². The number of benzene rings is 2. The van der Waals surface area contributed by atoms with Crippen molar-refractivity contribution in [1.82, 2.24) is 0 Å². The molecular formula is C15H11BrN2O4S. The third-order valence-electron chi connectivity index (χ3n) is 2.91. The third kappa shape index (κ3) is 3.88. The Bertz CT molecular complexity index is 904. The van der Waals surface area contributed by atoms with Crippen LogP contribution in [0.4, 0.5) is 5.69 Å². The molecule has 0 aromatic heterocycles. The van der Waals surface area contributed by atoms with E-state index in [1.807, 2.05) is 6.07 Å². The third-order valence-corrected chi connectivity index (χ3v) is 4.93. The van der Waals surface area contributed by atoms with Gasteiger partial charge in [-0.3, -0.25) is 4.72 Å². The highest BCUT2D eigenvalue weighted by Gasteiger charge is 2.17. The van der Waals surface area contributed by atoms with Crippen LogP contribution in [0.5, 0.6) is 0 Å². The molecule has 0 saturated heterocycles. The largest absolute Gasteiger partial charge is 0.465 e. The predicted molar refractivity (Wildman–Crippen MR) is 87.4 cm³/mol. The molecule has 0 radical (unpaired) electrons.